The van der Waals surface area contributed by atoms with E-state index in [-0.39, 0.29) is 11.6 Å². The van der Waals surface area contributed by atoms with Crippen LogP contribution in [-0.4, -0.2) is 37.3 Å². The third kappa shape index (κ3) is 4.08. The van der Waals surface area contributed by atoms with Crippen molar-refractivity contribution in [3.8, 4) is 33.4 Å². The van der Waals surface area contributed by atoms with Crippen LogP contribution < -0.4 is 10.1 Å². The summed E-state index contributed by atoms with van der Waals surface area (Å²) >= 11 is 1.38. The van der Waals surface area contributed by atoms with Gasteiger partial charge < -0.3 is 9.30 Å². The molecule has 2 aromatic carbocycles. The third-order valence-corrected chi connectivity index (χ3v) is 6.29. The van der Waals surface area contributed by atoms with E-state index in [0.717, 1.165) is 33.2 Å². The van der Waals surface area contributed by atoms with Crippen LogP contribution in [0.1, 0.15) is 16.1 Å². The Kier molecular flexibility index (Phi) is 5.69. The molecule has 0 aliphatic heterocycles. The first-order valence-corrected chi connectivity index (χ1v) is 11.4. The standard InChI is InChI=1S/C25H22N6O2S/c1-16-9-10-20(33-3)19(15-16)31-13-11-18(29-31)24(32)28-25-27-21(17-7-5-4-6-8-17)22(34-25)23-26-12-14-30(23)2/h4-15H,1-3H3,(H,27,28,32). The van der Waals surface area contributed by atoms with Gasteiger partial charge in [-0.15, -0.1) is 0 Å². The van der Waals surface area contributed by atoms with Gasteiger partial charge in [-0.05, 0) is 30.7 Å². The average Bonchev–Trinajstić information content (AvgIpc) is 3.59. The zero-order valence-corrected chi connectivity index (χ0v) is 19.7. The number of rotatable bonds is 6. The van der Waals surface area contributed by atoms with E-state index >= 15 is 0 Å². The van der Waals surface area contributed by atoms with Crippen LogP contribution in [0.25, 0.3) is 27.6 Å². The number of thiazole rings is 1. The lowest BCUT2D eigenvalue weighted by Crippen LogP contribution is -2.13. The first-order valence-electron chi connectivity index (χ1n) is 10.6. The molecular weight excluding hydrogens is 448 g/mol. The quantitative estimate of drug-likeness (QED) is 0.379. The predicted molar refractivity (Wildman–Crippen MR) is 133 cm³/mol. The van der Waals surface area contributed by atoms with Gasteiger partial charge in [0.05, 0.1) is 17.7 Å². The van der Waals surface area contributed by atoms with Crippen molar-refractivity contribution in [2.75, 3.05) is 12.4 Å². The molecular formula is C25H22N6O2S. The number of carbonyl (C=O) groups excluding carboxylic acids is 1. The van der Waals surface area contributed by atoms with Gasteiger partial charge in [0, 0.05) is 31.2 Å². The SMILES string of the molecule is COc1ccc(C)cc1-n1ccc(C(=O)Nc2nc(-c3ccccc3)c(-c3nccn3C)s2)n1. The number of anilines is 1. The maximum atomic E-state index is 13.0. The highest BCUT2D eigenvalue weighted by Crippen LogP contribution is 2.38. The fourth-order valence-corrected chi connectivity index (χ4v) is 4.64. The molecule has 0 saturated heterocycles. The molecule has 0 aliphatic rings. The van der Waals surface area contributed by atoms with Crippen LogP contribution in [0.3, 0.4) is 0 Å². The van der Waals surface area contributed by atoms with Crippen molar-refractivity contribution in [3.63, 3.8) is 0 Å². The second-order valence-corrected chi connectivity index (χ2v) is 8.70. The molecule has 0 radical (unpaired) electrons. The molecule has 0 aliphatic carbocycles. The van der Waals surface area contributed by atoms with Gasteiger partial charge >= 0.3 is 0 Å². The van der Waals surface area contributed by atoms with Crippen molar-refractivity contribution >= 4 is 22.4 Å². The Hall–Kier alpha value is -4.24. The lowest BCUT2D eigenvalue weighted by molar-refractivity contribution is 0.102. The first kappa shape index (κ1) is 21.6. The number of aryl methyl sites for hydroxylation is 2. The highest BCUT2D eigenvalue weighted by atomic mass is 32.1. The molecule has 0 fully saturated rings. The zero-order valence-electron chi connectivity index (χ0n) is 18.9. The van der Waals surface area contributed by atoms with Crippen molar-refractivity contribution in [3.05, 3.63) is 84.4 Å². The van der Waals surface area contributed by atoms with Crippen LogP contribution in [0.15, 0.2) is 73.2 Å². The van der Waals surface area contributed by atoms with Crippen molar-refractivity contribution in [2.24, 2.45) is 7.05 Å². The van der Waals surface area contributed by atoms with Gasteiger partial charge in [0.2, 0.25) is 0 Å². The van der Waals surface area contributed by atoms with E-state index in [1.165, 1.54) is 11.3 Å². The number of nitrogens with one attached hydrogen (secondary N) is 1. The summed E-state index contributed by atoms with van der Waals surface area (Å²) in [6, 6.07) is 17.3. The average molecular weight is 471 g/mol. The van der Waals surface area contributed by atoms with Gasteiger partial charge in [-0.1, -0.05) is 47.7 Å². The molecule has 9 heteroatoms. The number of carbonyl (C=O) groups is 1. The van der Waals surface area contributed by atoms with Crippen molar-refractivity contribution < 1.29 is 9.53 Å². The number of amides is 1. The van der Waals surface area contributed by atoms with Gasteiger partial charge in [0.1, 0.15) is 11.4 Å². The monoisotopic (exact) mass is 470 g/mol. The lowest BCUT2D eigenvalue weighted by atomic mass is 10.1. The minimum absolute atomic E-state index is 0.276. The maximum Gasteiger partial charge on any atom is 0.277 e. The molecule has 34 heavy (non-hydrogen) atoms. The predicted octanol–water partition coefficient (Wildman–Crippen LogP) is 4.97. The summed E-state index contributed by atoms with van der Waals surface area (Å²) < 4.78 is 9.01. The van der Waals surface area contributed by atoms with Gasteiger partial charge in [-0.25, -0.2) is 14.6 Å². The van der Waals surface area contributed by atoms with E-state index in [2.05, 4.69) is 15.4 Å². The van der Waals surface area contributed by atoms with Crippen LogP contribution in [0.2, 0.25) is 0 Å². The molecule has 0 bridgehead atoms. The molecule has 1 N–H and O–H groups in total. The summed E-state index contributed by atoms with van der Waals surface area (Å²) in [6.07, 6.45) is 5.37. The van der Waals surface area contributed by atoms with Crippen molar-refractivity contribution in [2.45, 2.75) is 6.92 Å². The molecule has 0 saturated carbocycles. The third-order valence-electron chi connectivity index (χ3n) is 5.32. The minimum Gasteiger partial charge on any atom is -0.494 e. The number of nitrogens with zero attached hydrogens (tertiary/aromatic N) is 5. The van der Waals surface area contributed by atoms with Crippen molar-refractivity contribution in [1.82, 2.24) is 24.3 Å². The van der Waals surface area contributed by atoms with Crippen LogP contribution >= 0.6 is 11.3 Å². The van der Waals surface area contributed by atoms with E-state index in [0.29, 0.717) is 10.9 Å². The Morgan fingerprint density at radius 3 is 2.65 bits per heavy atom. The Bertz CT molecular complexity index is 1470. The number of methoxy groups -OCH3 is 1. The number of benzene rings is 2. The Morgan fingerprint density at radius 2 is 1.91 bits per heavy atom. The molecule has 0 unspecified atom stereocenters. The zero-order chi connectivity index (χ0) is 23.7. The number of aromatic nitrogens is 5. The number of ether oxygens (including phenoxy) is 1. The molecule has 3 heterocycles. The summed E-state index contributed by atoms with van der Waals surface area (Å²) in [7, 11) is 3.54. The molecule has 5 rings (SSSR count). The fourth-order valence-electron chi connectivity index (χ4n) is 3.62. The van der Waals surface area contributed by atoms with Gasteiger partial charge in [-0.2, -0.15) is 5.10 Å². The summed E-state index contributed by atoms with van der Waals surface area (Å²) in [5, 5.41) is 7.84. The van der Waals surface area contributed by atoms with E-state index in [4.69, 9.17) is 9.72 Å². The highest BCUT2D eigenvalue weighted by Gasteiger charge is 2.20. The summed E-state index contributed by atoms with van der Waals surface area (Å²) in [4.78, 5) is 23.1. The first-order chi connectivity index (χ1) is 16.5. The van der Waals surface area contributed by atoms with Crippen molar-refractivity contribution in [1.29, 1.82) is 0 Å². The summed E-state index contributed by atoms with van der Waals surface area (Å²) in [5.41, 5.74) is 3.83. The number of imidazole rings is 1. The lowest BCUT2D eigenvalue weighted by Gasteiger charge is -2.09. The Balaban J connectivity index is 1.46. The van der Waals surface area contributed by atoms with Gasteiger partial charge in [-0.3, -0.25) is 10.1 Å². The molecule has 170 valence electrons. The number of hydrogen-bond donors (Lipinski definition) is 1. The smallest absolute Gasteiger partial charge is 0.277 e. The molecule has 8 nitrogen and oxygen atoms in total. The highest BCUT2D eigenvalue weighted by molar-refractivity contribution is 7.19. The molecule has 0 spiro atoms. The van der Waals surface area contributed by atoms with Gasteiger partial charge in [0.15, 0.2) is 16.6 Å². The summed E-state index contributed by atoms with van der Waals surface area (Å²) in [6.45, 7) is 1.99. The van der Waals surface area contributed by atoms with E-state index in [1.807, 2.05) is 73.3 Å². The normalized spacial score (nSPS) is 10.9. The maximum absolute atomic E-state index is 13.0. The topological polar surface area (TPSA) is 86.9 Å². The fraction of sp³-hybridized carbons (Fsp3) is 0.120. The Morgan fingerprint density at radius 1 is 1.09 bits per heavy atom. The van der Waals surface area contributed by atoms with Gasteiger partial charge in [0.25, 0.3) is 5.91 Å². The second-order valence-electron chi connectivity index (χ2n) is 7.70. The van der Waals surface area contributed by atoms with Crippen LogP contribution in [-0.2, 0) is 7.05 Å². The molecule has 1 amide bonds. The van der Waals surface area contributed by atoms with E-state index < -0.39 is 0 Å². The van der Waals surface area contributed by atoms with Crippen LogP contribution in [0.4, 0.5) is 5.13 Å². The van der Waals surface area contributed by atoms with Crippen LogP contribution in [0, 0.1) is 6.92 Å². The number of hydrogen-bond acceptors (Lipinski definition) is 6. The minimum atomic E-state index is -0.342. The molecule has 0 atom stereocenters. The second kappa shape index (κ2) is 8.95. The van der Waals surface area contributed by atoms with Crippen LogP contribution in [0.5, 0.6) is 5.75 Å². The van der Waals surface area contributed by atoms with E-state index in [9.17, 15) is 4.79 Å². The van der Waals surface area contributed by atoms with E-state index in [1.54, 1.807) is 30.3 Å². The molecule has 5 aromatic rings. The molecule has 3 aromatic heterocycles. The summed E-state index contributed by atoms with van der Waals surface area (Å²) in [5.74, 6) is 1.12. The Labute approximate surface area is 200 Å². The largest absolute Gasteiger partial charge is 0.494 e.